The van der Waals surface area contributed by atoms with Crippen molar-refractivity contribution in [2.24, 2.45) is 5.92 Å². The summed E-state index contributed by atoms with van der Waals surface area (Å²) < 4.78 is 35.6. The zero-order valence-corrected chi connectivity index (χ0v) is 22.7. The number of aryl methyl sites for hydroxylation is 3. The number of aliphatic hydroxyl groups is 1. The lowest BCUT2D eigenvalue weighted by Gasteiger charge is -2.42. The van der Waals surface area contributed by atoms with E-state index in [2.05, 4.69) is 11.2 Å². The first-order valence-electron chi connectivity index (χ1n) is 13.4. The second-order valence-corrected chi connectivity index (χ2v) is 11.3. The maximum Gasteiger partial charge on any atom is 0.338 e. The van der Waals surface area contributed by atoms with Gasteiger partial charge >= 0.3 is 5.97 Å². The van der Waals surface area contributed by atoms with E-state index in [9.17, 15) is 23.9 Å². The van der Waals surface area contributed by atoms with Crippen molar-refractivity contribution in [3.8, 4) is 6.07 Å². The van der Waals surface area contributed by atoms with Crippen LogP contribution in [-0.4, -0.2) is 33.1 Å². The predicted molar refractivity (Wildman–Crippen MR) is 140 cm³/mol. The lowest BCUT2D eigenvalue weighted by Crippen LogP contribution is -2.46. The minimum Gasteiger partial charge on any atom is -0.512 e. The van der Waals surface area contributed by atoms with E-state index in [1.54, 1.807) is 24.6 Å². The smallest absolute Gasteiger partial charge is 0.338 e. The maximum atomic E-state index is 14.9. The molecule has 2 heterocycles. The van der Waals surface area contributed by atoms with Crippen LogP contribution in [0.2, 0.25) is 0 Å². The number of halogens is 2. The summed E-state index contributed by atoms with van der Waals surface area (Å²) in [7, 11) is 0. The Morgan fingerprint density at radius 1 is 1.29 bits per heavy atom. The van der Waals surface area contributed by atoms with Gasteiger partial charge in [0.05, 0.1) is 29.3 Å². The van der Waals surface area contributed by atoms with Crippen molar-refractivity contribution < 1.29 is 23.4 Å². The number of benzene rings is 1. The van der Waals surface area contributed by atoms with Gasteiger partial charge in [0.25, 0.3) is 0 Å². The lowest BCUT2D eigenvalue weighted by atomic mass is 9.76. The largest absolute Gasteiger partial charge is 0.512 e. The van der Waals surface area contributed by atoms with Crippen LogP contribution in [-0.2, 0) is 34.3 Å². The van der Waals surface area contributed by atoms with Crippen LogP contribution >= 0.6 is 0 Å². The minimum absolute atomic E-state index is 0.0301. The number of rotatable bonds is 9. The van der Waals surface area contributed by atoms with Gasteiger partial charge in [0.1, 0.15) is 23.9 Å². The molecule has 0 amide bonds. The van der Waals surface area contributed by atoms with E-state index >= 15 is 0 Å². The third kappa shape index (κ3) is 5.34. The van der Waals surface area contributed by atoms with Crippen LogP contribution in [0.1, 0.15) is 80.5 Å². The van der Waals surface area contributed by atoms with E-state index in [0.29, 0.717) is 24.1 Å². The summed E-state index contributed by atoms with van der Waals surface area (Å²) in [5, 5.41) is 24.9. The Bertz CT molecular complexity index is 1280. The Labute approximate surface area is 223 Å². The molecule has 1 fully saturated rings. The van der Waals surface area contributed by atoms with Crippen LogP contribution in [0.25, 0.3) is 0 Å². The highest BCUT2D eigenvalue weighted by atomic mass is 19.1. The van der Waals surface area contributed by atoms with Crippen molar-refractivity contribution in [1.29, 1.82) is 5.26 Å². The third-order valence-corrected chi connectivity index (χ3v) is 8.46. The average molecular weight is 526 g/mol. The molecule has 0 spiro atoms. The predicted octanol–water partition coefficient (Wildman–Crippen LogP) is 6.27. The number of carbonyl (C=O) groups is 1. The van der Waals surface area contributed by atoms with E-state index in [-0.39, 0.29) is 36.6 Å². The summed E-state index contributed by atoms with van der Waals surface area (Å²) in [6, 6.07) is 7.08. The first-order chi connectivity index (χ1) is 18.0. The highest BCUT2D eigenvalue weighted by molar-refractivity contribution is 5.91. The fraction of sp³-hybridized carbons (Fsp3) is 0.567. The van der Waals surface area contributed by atoms with E-state index in [4.69, 9.17) is 4.74 Å². The Balaban J connectivity index is 1.59. The molecule has 1 aromatic heterocycles. The summed E-state index contributed by atoms with van der Waals surface area (Å²) in [4.78, 5) is 13.4. The minimum atomic E-state index is -0.932. The molecular weight excluding hydrogens is 488 g/mol. The van der Waals surface area contributed by atoms with Crippen LogP contribution in [0.4, 0.5) is 8.78 Å². The zero-order valence-electron chi connectivity index (χ0n) is 22.7. The number of aromatic nitrogens is 2. The monoisotopic (exact) mass is 525 g/mol. The van der Waals surface area contributed by atoms with E-state index in [1.807, 2.05) is 19.9 Å². The number of nitriles is 1. The Hall–Kier alpha value is -3.21. The van der Waals surface area contributed by atoms with Gasteiger partial charge < -0.3 is 9.84 Å². The molecule has 2 aromatic rings. The molecule has 1 unspecified atom stereocenters. The number of carbonyl (C=O) groups excluding carboxylic acids is 1. The van der Waals surface area contributed by atoms with Crippen LogP contribution in [0, 0.1) is 36.9 Å². The van der Waals surface area contributed by atoms with Crippen LogP contribution in [0.5, 0.6) is 0 Å². The number of hydrogen-bond donors (Lipinski definition) is 1. The molecule has 38 heavy (non-hydrogen) atoms. The number of alkyl halides is 1. The van der Waals surface area contributed by atoms with Crippen molar-refractivity contribution in [3.05, 3.63) is 63.4 Å². The number of nitrogens with zero attached hydrogens (tertiary/aromatic N) is 3. The fourth-order valence-electron chi connectivity index (χ4n) is 6.09. The summed E-state index contributed by atoms with van der Waals surface area (Å²) in [6.45, 7) is 6.62. The molecule has 1 aromatic carbocycles. The van der Waals surface area contributed by atoms with Gasteiger partial charge in [-0.3, -0.25) is 4.68 Å². The highest BCUT2D eigenvalue weighted by Crippen LogP contribution is 2.46. The summed E-state index contributed by atoms with van der Waals surface area (Å²) in [6.07, 6.45) is 5.24. The molecule has 6 nitrogen and oxygen atoms in total. The maximum absolute atomic E-state index is 14.9. The van der Waals surface area contributed by atoms with Crippen LogP contribution in [0.15, 0.2) is 29.5 Å². The third-order valence-electron chi connectivity index (χ3n) is 8.46. The average Bonchev–Trinajstić information content (AvgIpc) is 3.50. The first kappa shape index (κ1) is 27.8. The van der Waals surface area contributed by atoms with Crippen molar-refractivity contribution in [1.82, 2.24) is 9.78 Å². The van der Waals surface area contributed by atoms with Gasteiger partial charge in [0.15, 0.2) is 0 Å². The van der Waals surface area contributed by atoms with Crippen molar-refractivity contribution in [3.63, 3.8) is 0 Å². The van der Waals surface area contributed by atoms with Gasteiger partial charge in [0.2, 0.25) is 0 Å². The second kappa shape index (κ2) is 10.9. The molecule has 0 radical (unpaired) electrons. The standard InChI is InChI=1S/C30H37F2N3O3/c1-19-23(20(2)35(34-19)14-13-31)16-24-27(36)17-30(38-28(24)37,22-7-5-6-8-22)12-11-21-9-10-25(26(32)15-21)29(3,4)18-33/h9-10,15,22,36H,5-8,11-14,16-17H2,1-4H3. The van der Waals surface area contributed by atoms with Crippen molar-refractivity contribution in [2.75, 3.05) is 6.67 Å². The van der Waals surface area contributed by atoms with Gasteiger partial charge in [-0.2, -0.15) is 10.4 Å². The molecule has 8 heteroatoms. The second-order valence-electron chi connectivity index (χ2n) is 11.3. The molecule has 204 valence electrons. The van der Waals surface area contributed by atoms with Gasteiger partial charge in [-0.1, -0.05) is 25.0 Å². The molecule has 1 atom stereocenters. The highest BCUT2D eigenvalue weighted by Gasteiger charge is 2.48. The molecule has 1 aliphatic carbocycles. The summed E-state index contributed by atoms with van der Waals surface area (Å²) >= 11 is 0. The van der Waals surface area contributed by atoms with Crippen LogP contribution in [0.3, 0.4) is 0 Å². The number of hydrogen-bond acceptors (Lipinski definition) is 5. The van der Waals surface area contributed by atoms with Gasteiger partial charge in [-0.25, -0.2) is 13.6 Å². The molecule has 1 N–H and O–H groups in total. The zero-order chi connectivity index (χ0) is 27.7. The fourth-order valence-corrected chi connectivity index (χ4v) is 6.09. The molecule has 4 rings (SSSR count). The van der Waals surface area contributed by atoms with Gasteiger partial charge in [0, 0.05) is 29.7 Å². The quantitative estimate of drug-likeness (QED) is 0.390. The van der Waals surface area contributed by atoms with E-state index in [1.165, 1.54) is 6.07 Å². The first-order valence-corrected chi connectivity index (χ1v) is 13.4. The summed E-state index contributed by atoms with van der Waals surface area (Å²) in [5.41, 5.74) is 1.80. The number of esters is 1. The topological polar surface area (TPSA) is 88.1 Å². The van der Waals surface area contributed by atoms with E-state index in [0.717, 1.165) is 42.5 Å². The van der Waals surface area contributed by atoms with Crippen LogP contribution < -0.4 is 0 Å². The Morgan fingerprint density at radius 3 is 2.61 bits per heavy atom. The molecule has 0 saturated heterocycles. The molecule has 0 bridgehead atoms. The number of ether oxygens (including phenoxy) is 1. The molecular formula is C30H37F2N3O3. The van der Waals surface area contributed by atoms with Crippen molar-refractivity contribution in [2.45, 2.75) is 96.6 Å². The molecule has 2 aliphatic rings. The van der Waals surface area contributed by atoms with Gasteiger partial charge in [-0.15, -0.1) is 0 Å². The molecule has 1 saturated carbocycles. The van der Waals surface area contributed by atoms with E-state index < -0.39 is 29.5 Å². The Morgan fingerprint density at radius 2 is 2.00 bits per heavy atom. The number of aliphatic hydroxyl groups excluding tert-OH is 1. The summed E-state index contributed by atoms with van der Waals surface area (Å²) in [5.74, 6) is -0.807. The molecule has 1 aliphatic heterocycles. The SMILES string of the molecule is Cc1nn(CCF)c(C)c1CC1=C(O)CC(CCc2ccc(C(C)(C)C#N)c(F)c2)(C2CCCC2)OC1=O. The lowest BCUT2D eigenvalue weighted by molar-refractivity contribution is -0.167. The van der Waals surface area contributed by atoms with Crippen molar-refractivity contribution >= 4 is 5.97 Å². The van der Waals surface area contributed by atoms with Gasteiger partial charge in [-0.05, 0) is 70.9 Å². The number of cyclic esters (lactones) is 1. The normalized spacial score (nSPS) is 20.6. The Kier molecular flexibility index (Phi) is 7.96.